The standard InChI is InChI=1S/C11H13FN4O/c1-7(13)8-3-4-10(9(12)5-8)17-11-14-6-16(2)15-11/h3-7H,13H2,1-2H3/t7-/m0/s1. The van der Waals surface area contributed by atoms with Crippen LogP contribution in [0.15, 0.2) is 24.5 Å². The maximum absolute atomic E-state index is 13.7. The summed E-state index contributed by atoms with van der Waals surface area (Å²) in [5, 5.41) is 3.90. The van der Waals surface area contributed by atoms with Crippen LogP contribution in [0.2, 0.25) is 0 Å². The SMILES string of the molecule is C[C@H](N)c1ccc(Oc2ncn(C)n2)c(F)c1. The van der Waals surface area contributed by atoms with Crippen LogP contribution < -0.4 is 10.5 Å². The average Bonchev–Trinajstić information content (AvgIpc) is 2.67. The molecule has 1 atom stereocenters. The quantitative estimate of drug-likeness (QED) is 0.881. The van der Waals surface area contributed by atoms with Gasteiger partial charge in [-0.15, -0.1) is 5.10 Å². The van der Waals surface area contributed by atoms with E-state index in [-0.39, 0.29) is 17.8 Å². The second-order valence-electron chi connectivity index (χ2n) is 3.78. The van der Waals surface area contributed by atoms with Gasteiger partial charge in [0.2, 0.25) is 0 Å². The Morgan fingerprint density at radius 2 is 2.24 bits per heavy atom. The minimum atomic E-state index is -0.479. The van der Waals surface area contributed by atoms with Crippen LogP contribution in [0, 0.1) is 5.82 Å². The van der Waals surface area contributed by atoms with Crippen LogP contribution in [0.1, 0.15) is 18.5 Å². The summed E-state index contributed by atoms with van der Waals surface area (Å²) in [5.74, 6) is -0.396. The third kappa shape index (κ3) is 2.59. The summed E-state index contributed by atoms with van der Waals surface area (Å²) in [5.41, 5.74) is 6.36. The lowest BCUT2D eigenvalue weighted by molar-refractivity contribution is 0.408. The van der Waals surface area contributed by atoms with Crippen molar-refractivity contribution in [3.05, 3.63) is 35.9 Å². The normalized spacial score (nSPS) is 12.5. The van der Waals surface area contributed by atoms with Crippen molar-refractivity contribution in [2.24, 2.45) is 12.8 Å². The number of hydrogen-bond donors (Lipinski definition) is 1. The Labute approximate surface area is 98.0 Å². The summed E-state index contributed by atoms with van der Waals surface area (Å²) in [7, 11) is 1.70. The van der Waals surface area contributed by atoms with Gasteiger partial charge in [0.05, 0.1) is 0 Å². The first-order valence-electron chi connectivity index (χ1n) is 5.15. The number of hydrogen-bond acceptors (Lipinski definition) is 4. The minimum absolute atomic E-state index is 0.0839. The Balaban J connectivity index is 2.22. The minimum Gasteiger partial charge on any atom is -0.420 e. The van der Waals surface area contributed by atoms with Gasteiger partial charge in [0.1, 0.15) is 6.33 Å². The van der Waals surface area contributed by atoms with E-state index in [0.29, 0.717) is 5.56 Å². The molecule has 0 aliphatic heterocycles. The first-order chi connectivity index (χ1) is 8.06. The summed E-state index contributed by atoms with van der Waals surface area (Å²) in [4.78, 5) is 3.85. The molecule has 1 heterocycles. The Morgan fingerprint density at radius 1 is 1.47 bits per heavy atom. The van der Waals surface area contributed by atoms with Gasteiger partial charge < -0.3 is 10.5 Å². The van der Waals surface area contributed by atoms with Crippen molar-refractivity contribution in [2.75, 3.05) is 0 Å². The van der Waals surface area contributed by atoms with Crippen LogP contribution in [0.25, 0.3) is 0 Å². The van der Waals surface area contributed by atoms with E-state index >= 15 is 0 Å². The molecule has 1 aromatic heterocycles. The van der Waals surface area contributed by atoms with Crippen molar-refractivity contribution >= 4 is 0 Å². The van der Waals surface area contributed by atoms with Crippen molar-refractivity contribution in [3.8, 4) is 11.8 Å². The van der Waals surface area contributed by atoms with E-state index < -0.39 is 5.82 Å². The Morgan fingerprint density at radius 3 is 2.76 bits per heavy atom. The molecule has 0 saturated carbocycles. The molecule has 2 aromatic rings. The van der Waals surface area contributed by atoms with Gasteiger partial charge in [0, 0.05) is 13.1 Å². The molecule has 17 heavy (non-hydrogen) atoms. The molecule has 1 aromatic carbocycles. The average molecular weight is 236 g/mol. The fourth-order valence-corrected chi connectivity index (χ4v) is 1.35. The molecule has 0 fully saturated rings. The van der Waals surface area contributed by atoms with Gasteiger partial charge in [-0.25, -0.2) is 4.39 Å². The van der Waals surface area contributed by atoms with E-state index in [1.807, 2.05) is 0 Å². The number of rotatable bonds is 3. The molecule has 6 heteroatoms. The largest absolute Gasteiger partial charge is 0.420 e. The molecule has 0 bridgehead atoms. The fourth-order valence-electron chi connectivity index (χ4n) is 1.35. The molecule has 2 N–H and O–H groups in total. The molecular weight excluding hydrogens is 223 g/mol. The van der Waals surface area contributed by atoms with Gasteiger partial charge in [-0.1, -0.05) is 6.07 Å². The second kappa shape index (κ2) is 4.50. The summed E-state index contributed by atoms with van der Waals surface area (Å²) < 4.78 is 20.3. The number of halogens is 1. The second-order valence-corrected chi connectivity index (χ2v) is 3.78. The van der Waals surface area contributed by atoms with Crippen molar-refractivity contribution < 1.29 is 9.13 Å². The van der Waals surface area contributed by atoms with Gasteiger partial charge in [-0.2, -0.15) is 4.98 Å². The third-order valence-corrected chi connectivity index (χ3v) is 2.26. The van der Waals surface area contributed by atoms with Gasteiger partial charge in [0.15, 0.2) is 11.6 Å². The van der Waals surface area contributed by atoms with E-state index in [1.54, 1.807) is 20.0 Å². The molecule has 0 aliphatic carbocycles. The zero-order valence-corrected chi connectivity index (χ0v) is 9.59. The highest BCUT2D eigenvalue weighted by molar-refractivity contribution is 5.32. The molecule has 0 aliphatic rings. The molecular formula is C11H13FN4O. The highest BCUT2D eigenvalue weighted by Gasteiger charge is 2.10. The number of aromatic nitrogens is 3. The van der Waals surface area contributed by atoms with Crippen LogP contribution in [0.5, 0.6) is 11.8 Å². The first kappa shape index (κ1) is 11.5. The topological polar surface area (TPSA) is 66.0 Å². The first-order valence-corrected chi connectivity index (χ1v) is 5.15. The predicted molar refractivity (Wildman–Crippen MR) is 60.1 cm³/mol. The van der Waals surface area contributed by atoms with Gasteiger partial charge in [0.25, 0.3) is 0 Å². The molecule has 0 saturated heterocycles. The highest BCUT2D eigenvalue weighted by Crippen LogP contribution is 2.24. The third-order valence-electron chi connectivity index (χ3n) is 2.26. The molecule has 0 amide bonds. The van der Waals surface area contributed by atoms with Gasteiger partial charge in [-0.3, -0.25) is 4.68 Å². The lowest BCUT2D eigenvalue weighted by atomic mass is 10.1. The van der Waals surface area contributed by atoms with E-state index in [0.717, 1.165) is 0 Å². The van der Waals surface area contributed by atoms with Crippen LogP contribution in [0.3, 0.4) is 0 Å². The Kier molecular flexibility index (Phi) is 3.06. The predicted octanol–water partition coefficient (Wildman–Crippen LogP) is 1.77. The smallest absolute Gasteiger partial charge is 0.341 e. The summed E-state index contributed by atoms with van der Waals surface area (Å²) in [6, 6.07) is 4.48. The van der Waals surface area contributed by atoms with E-state index in [2.05, 4.69) is 10.1 Å². The number of nitrogens with zero attached hydrogens (tertiary/aromatic N) is 3. The highest BCUT2D eigenvalue weighted by atomic mass is 19.1. The van der Waals surface area contributed by atoms with Crippen molar-refractivity contribution in [2.45, 2.75) is 13.0 Å². The number of aryl methyl sites for hydroxylation is 1. The van der Waals surface area contributed by atoms with E-state index in [9.17, 15) is 4.39 Å². The molecule has 2 rings (SSSR count). The summed E-state index contributed by atoms with van der Waals surface area (Å²) in [6.07, 6.45) is 1.48. The number of ether oxygens (including phenoxy) is 1. The van der Waals surface area contributed by atoms with Crippen molar-refractivity contribution in [1.29, 1.82) is 0 Å². The van der Waals surface area contributed by atoms with Crippen LogP contribution in [0.4, 0.5) is 4.39 Å². The monoisotopic (exact) mass is 236 g/mol. The zero-order chi connectivity index (χ0) is 12.4. The Bertz CT molecular complexity index is 524. The van der Waals surface area contributed by atoms with Crippen molar-refractivity contribution in [3.63, 3.8) is 0 Å². The lowest BCUT2D eigenvalue weighted by Gasteiger charge is -2.07. The maximum atomic E-state index is 13.7. The van der Waals surface area contributed by atoms with Gasteiger partial charge in [-0.05, 0) is 24.6 Å². The molecule has 90 valence electrons. The number of nitrogens with two attached hydrogens (primary N) is 1. The van der Waals surface area contributed by atoms with Crippen LogP contribution in [-0.4, -0.2) is 14.8 Å². The fraction of sp³-hybridized carbons (Fsp3) is 0.273. The zero-order valence-electron chi connectivity index (χ0n) is 9.59. The van der Waals surface area contributed by atoms with Crippen molar-refractivity contribution in [1.82, 2.24) is 14.8 Å². The van der Waals surface area contributed by atoms with Gasteiger partial charge >= 0.3 is 6.01 Å². The molecule has 5 nitrogen and oxygen atoms in total. The maximum Gasteiger partial charge on any atom is 0.341 e. The molecule has 0 unspecified atom stereocenters. The summed E-state index contributed by atoms with van der Waals surface area (Å²) >= 11 is 0. The molecule has 0 spiro atoms. The number of benzene rings is 1. The lowest BCUT2D eigenvalue weighted by Crippen LogP contribution is -2.05. The molecule has 0 radical (unpaired) electrons. The van der Waals surface area contributed by atoms with Crippen LogP contribution >= 0.6 is 0 Å². The summed E-state index contributed by atoms with van der Waals surface area (Å²) in [6.45, 7) is 1.79. The van der Waals surface area contributed by atoms with Crippen LogP contribution in [-0.2, 0) is 7.05 Å². The van der Waals surface area contributed by atoms with E-state index in [4.69, 9.17) is 10.5 Å². The van der Waals surface area contributed by atoms with E-state index in [1.165, 1.54) is 23.1 Å². The Hall–Kier alpha value is -1.95.